The van der Waals surface area contributed by atoms with E-state index in [1.165, 1.54) is 5.56 Å². The molecule has 0 aliphatic rings. The molecule has 0 spiro atoms. The van der Waals surface area contributed by atoms with E-state index in [4.69, 9.17) is 12.2 Å². The summed E-state index contributed by atoms with van der Waals surface area (Å²) in [6.45, 7) is 2.07. The SMILES string of the molecule is Cc1cccc(C(=S)CBr)c1. The van der Waals surface area contributed by atoms with Crippen LogP contribution < -0.4 is 0 Å². The molecule has 0 unspecified atom stereocenters. The summed E-state index contributed by atoms with van der Waals surface area (Å²) in [6.07, 6.45) is 0. The van der Waals surface area contributed by atoms with Crippen molar-refractivity contribution in [1.82, 2.24) is 0 Å². The summed E-state index contributed by atoms with van der Waals surface area (Å²) in [5, 5.41) is 0.770. The van der Waals surface area contributed by atoms with Crippen molar-refractivity contribution < 1.29 is 0 Å². The second-order valence-electron chi connectivity index (χ2n) is 2.43. The fourth-order valence-electron chi connectivity index (χ4n) is 0.896. The molecule has 58 valence electrons. The lowest BCUT2D eigenvalue weighted by molar-refractivity contribution is 1.46. The first-order chi connectivity index (χ1) is 5.24. The van der Waals surface area contributed by atoms with Gasteiger partial charge in [0.25, 0.3) is 0 Å². The second kappa shape index (κ2) is 3.98. The highest BCUT2D eigenvalue weighted by Gasteiger charge is 1.97. The van der Waals surface area contributed by atoms with Gasteiger partial charge < -0.3 is 0 Å². The highest BCUT2D eigenvalue weighted by atomic mass is 79.9. The van der Waals surface area contributed by atoms with Gasteiger partial charge in [0.05, 0.1) is 0 Å². The van der Waals surface area contributed by atoms with Gasteiger partial charge in [-0.05, 0) is 12.5 Å². The zero-order valence-corrected chi connectivity index (χ0v) is 8.71. The van der Waals surface area contributed by atoms with Gasteiger partial charge in [-0.2, -0.15) is 0 Å². The Hall–Kier alpha value is -0.210. The summed E-state index contributed by atoms with van der Waals surface area (Å²) in [7, 11) is 0. The quantitative estimate of drug-likeness (QED) is 0.426. The van der Waals surface area contributed by atoms with Gasteiger partial charge in [-0.3, -0.25) is 0 Å². The summed E-state index contributed by atoms with van der Waals surface area (Å²) >= 11 is 8.47. The van der Waals surface area contributed by atoms with Crippen LogP contribution in [0.1, 0.15) is 11.1 Å². The first-order valence-electron chi connectivity index (χ1n) is 3.40. The number of aryl methyl sites for hydroxylation is 1. The minimum absolute atomic E-state index is 0.770. The highest BCUT2D eigenvalue weighted by molar-refractivity contribution is 9.09. The van der Waals surface area contributed by atoms with Gasteiger partial charge in [0.15, 0.2) is 0 Å². The summed E-state index contributed by atoms with van der Waals surface area (Å²) in [5.74, 6) is 0. The Bertz CT molecular complexity index is 268. The largest absolute Gasteiger partial charge is 0.0867 e. The number of rotatable bonds is 2. The van der Waals surface area contributed by atoms with Crippen molar-refractivity contribution in [1.29, 1.82) is 0 Å². The monoisotopic (exact) mass is 228 g/mol. The van der Waals surface area contributed by atoms with Crippen LogP contribution in [0.25, 0.3) is 0 Å². The summed E-state index contributed by atoms with van der Waals surface area (Å²) in [4.78, 5) is 0.966. The van der Waals surface area contributed by atoms with Crippen LogP contribution in [0.2, 0.25) is 0 Å². The first kappa shape index (κ1) is 8.88. The lowest BCUT2D eigenvalue weighted by Gasteiger charge is -1.99. The van der Waals surface area contributed by atoms with E-state index in [1.807, 2.05) is 12.1 Å². The molecule has 0 radical (unpaired) electrons. The summed E-state index contributed by atoms with van der Waals surface area (Å²) in [5.41, 5.74) is 2.41. The molecule has 0 saturated heterocycles. The molecule has 2 heteroatoms. The summed E-state index contributed by atoms with van der Waals surface area (Å²) < 4.78 is 0. The third-order valence-corrected chi connectivity index (χ3v) is 2.77. The van der Waals surface area contributed by atoms with Gasteiger partial charge in [0.1, 0.15) is 0 Å². The minimum atomic E-state index is 0.770. The van der Waals surface area contributed by atoms with Gasteiger partial charge in [0.2, 0.25) is 0 Å². The van der Waals surface area contributed by atoms with Crippen molar-refractivity contribution in [2.45, 2.75) is 6.92 Å². The molecule has 1 aromatic carbocycles. The Balaban J connectivity index is 2.96. The van der Waals surface area contributed by atoms with Crippen molar-refractivity contribution >= 4 is 33.0 Å². The molecule has 1 aromatic rings. The van der Waals surface area contributed by atoms with Crippen LogP contribution in [0, 0.1) is 6.92 Å². The zero-order valence-electron chi connectivity index (χ0n) is 6.30. The van der Waals surface area contributed by atoms with Crippen LogP contribution in [0.5, 0.6) is 0 Å². The highest BCUT2D eigenvalue weighted by Crippen LogP contribution is 2.06. The topological polar surface area (TPSA) is 0 Å². The lowest BCUT2D eigenvalue weighted by atomic mass is 10.1. The Labute approximate surface area is 80.8 Å². The van der Waals surface area contributed by atoms with Gasteiger partial charge in [0, 0.05) is 10.2 Å². The fraction of sp³-hybridized carbons (Fsp3) is 0.222. The molecule has 0 aliphatic heterocycles. The number of hydrogen-bond donors (Lipinski definition) is 0. The third-order valence-electron chi connectivity index (χ3n) is 1.46. The molecule has 1 rings (SSSR count). The van der Waals surface area contributed by atoms with E-state index in [0.717, 1.165) is 15.8 Å². The van der Waals surface area contributed by atoms with Crippen molar-refractivity contribution in [2.24, 2.45) is 0 Å². The number of alkyl halides is 1. The van der Waals surface area contributed by atoms with E-state index in [9.17, 15) is 0 Å². The predicted octanol–water partition coefficient (Wildman–Crippen LogP) is 3.11. The van der Waals surface area contributed by atoms with E-state index in [-0.39, 0.29) is 0 Å². The minimum Gasteiger partial charge on any atom is -0.0867 e. The molecule has 0 heterocycles. The van der Waals surface area contributed by atoms with Crippen LogP contribution >= 0.6 is 28.1 Å². The number of halogens is 1. The number of benzene rings is 1. The molecule has 11 heavy (non-hydrogen) atoms. The third kappa shape index (κ3) is 2.38. The van der Waals surface area contributed by atoms with E-state index in [0.29, 0.717) is 0 Å². The summed E-state index contributed by atoms with van der Waals surface area (Å²) in [6, 6.07) is 8.24. The predicted molar refractivity (Wildman–Crippen MR) is 56.7 cm³/mol. The molecule has 0 aliphatic carbocycles. The molecular weight excluding hydrogens is 220 g/mol. The number of thiocarbonyl (C=S) groups is 1. The molecular formula is C9H9BrS. The molecule has 0 aromatic heterocycles. The van der Waals surface area contributed by atoms with E-state index in [1.54, 1.807) is 0 Å². The maximum absolute atomic E-state index is 5.13. The van der Waals surface area contributed by atoms with E-state index >= 15 is 0 Å². The average Bonchev–Trinajstić information content (AvgIpc) is 2.03. The van der Waals surface area contributed by atoms with Gasteiger partial charge in [-0.25, -0.2) is 0 Å². The normalized spacial score (nSPS) is 9.64. The Morgan fingerprint density at radius 3 is 2.82 bits per heavy atom. The lowest BCUT2D eigenvalue weighted by Crippen LogP contribution is -1.97. The number of hydrogen-bond acceptors (Lipinski definition) is 1. The van der Waals surface area contributed by atoms with Crippen molar-refractivity contribution in [3.63, 3.8) is 0 Å². The van der Waals surface area contributed by atoms with Crippen molar-refractivity contribution in [3.05, 3.63) is 35.4 Å². The smallest absolute Gasteiger partial charge is 0.0391 e. The fourth-order valence-corrected chi connectivity index (χ4v) is 1.35. The average molecular weight is 229 g/mol. The van der Waals surface area contributed by atoms with Crippen LogP contribution in [0.3, 0.4) is 0 Å². The Morgan fingerprint density at radius 2 is 2.27 bits per heavy atom. The zero-order chi connectivity index (χ0) is 8.27. The molecule has 0 bridgehead atoms. The molecule has 0 N–H and O–H groups in total. The van der Waals surface area contributed by atoms with E-state index < -0.39 is 0 Å². The van der Waals surface area contributed by atoms with Crippen LogP contribution in [0.4, 0.5) is 0 Å². The molecule has 0 saturated carbocycles. The van der Waals surface area contributed by atoms with Crippen molar-refractivity contribution in [2.75, 3.05) is 5.33 Å². The van der Waals surface area contributed by atoms with Crippen LogP contribution in [-0.4, -0.2) is 10.2 Å². The Morgan fingerprint density at radius 1 is 1.55 bits per heavy atom. The molecule has 0 nitrogen and oxygen atoms in total. The standard InChI is InChI=1S/C9H9BrS/c1-7-3-2-4-8(5-7)9(11)6-10/h2-5H,6H2,1H3. The van der Waals surface area contributed by atoms with Crippen LogP contribution in [0.15, 0.2) is 24.3 Å². The van der Waals surface area contributed by atoms with Crippen molar-refractivity contribution in [3.8, 4) is 0 Å². The second-order valence-corrected chi connectivity index (χ2v) is 3.48. The van der Waals surface area contributed by atoms with Gasteiger partial charge >= 0.3 is 0 Å². The Kier molecular flexibility index (Phi) is 3.21. The van der Waals surface area contributed by atoms with Gasteiger partial charge in [-0.15, -0.1) is 0 Å². The maximum Gasteiger partial charge on any atom is 0.0391 e. The van der Waals surface area contributed by atoms with E-state index in [2.05, 4.69) is 35.0 Å². The van der Waals surface area contributed by atoms with Gasteiger partial charge in [-0.1, -0.05) is 58.0 Å². The molecule has 0 atom stereocenters. The van der Waals surface area contributed by atoms with Crippen LogP contribution in [-0.2, 0) is 0 Å². The first-order valence-corrected chi connectivity index (χ1v) is 4.93. The maximum atomic E-state index is 5.13. The molecule has 0 amide bonds. The molecule has 0 fully saturated rings.